The third kappa shape index (κ3) is 5.37. The molecule has 2 amide bonds. The molecule has 5 nitrogen and oxygen atoms in total. The summed E-state index contributed by atoms with van der Waals surface area (Å²) < 4.78 is 4.89. The van der Waals surface area contributed by atoms with Gasteiger partial charge in [0.25, 0.3) is 0 Å². The van der Waals surface area contributed by atoms with Gasteiger partial charge in [-0.2, -0.15) is 0 Å². The molecule has 0 N–H and O–H groups in total. The molecular weight excluding hydrogens is 196 g/mol. The van der Waals surface area contributed by atoms with E-state index in [9.17, 15) is 9.59 Å². The van der Waals surface area contributed by atoms with Crippen molar-refractivity contribution in [2.45, 2.75) is 13.3 Å². The largest absolute Gasteiger partial charge is 0.383 e. The van der Waals surface area contributed by atoms with Crippen LogP contribution in [0.1, 0.15) is 13.3 Å². The minimum Gasteiger partial charge on any atom is -0.383 e. The fourth-order valence-electron chi connectivity index (χ4n) is 1.02. The number of nitrogens with zero attached hydrogens (tertiary/aromatic N) is 2. The number of amides is 2. The van der Waals surface area contributed by atoms with Gasteiger partial charge in [0.2, 0.25) is 11.8 Å². The normalized spacial score (nSPS) is 9.87. The number of ether oxygens (including phenoxy) is 1. The van der Waals surface area contributed by atoms with E-state index in [1.807, 2.05) is 0 Å². The Morgan fingerprint density at radius 3 is 2.20 bits per heavy atom. The topological polar surface area (TPSA) is 49.9 Å². The van der Waals surface area contributed by atoms with Crippen molar-refractivity contribution < 1.29 is 14.3 Å². The summed E-state index contributed by atoms with van der Waals surface area (Å²) in [6.45, 7) is 2.82. The number of likely N-dealkylation sites (N-methyl/N-ethyl adjacent to an activating group) is 1. The monoisotopic (exact) mass is 216 g/mol. The first-order chi connectivity index (χ1) is 7.02. The Kier molecular flexibility index (Phi) is 6.70. The third-order valence-electron chi connectivity index (χ3n) is 2.05. The minimum atomic E-state index is -0.0760. The predicted molar refractivity (Wildman–Crippen MR) is 57.4 cm³/mol. The Labute approximate surface area is 91.0 Å². The van der Waals surface area contributed by atoms with E-state index in [-0.39, 0.29) is 18.4 Å². The zero-order valence-electron chi connectivity index (χ0n) is 9.95. The van der Waals surface area contributed by atoms with E-state index in [0.717, 1.165) is 0 Å². The van der Waals surface area contributed by atoms with Gasteiger partial charge in [-0.05, 0) is 0 Å². The second-order valence-electron chi connectivity index (χ2n) is 3.45. The van der Waals surface area contributed by atoms with Crippen LogP contribution in [-0.4, -0.2) is 62.5 Å². The van der Waals surface area contributed by atoms with Crippen LogP contribution >= 0.6 is 0 Å². The number of hydrogen-bond acceptors (Lipinski definition) is 3. The summed E-state index contributed by atoms with van der Waals surface area (Å²) in [4.78, 5) is 25.9. The van der Waals surface area contributed by atoms with Gasteiger partial charge in [0.05, 0.1) is 13.2 Å². The van der Waals surface area contributed by atoms with Crippen molar-refractivity contribution in [2.75, 3.05) is 40.9 Å². The first-order valence-corrected chi connectivity index (χ1v) is 4.99. The van der Waals surface area contributed by atoms with E-state index in [4.69, 9.17) is 4.74 Å². The second kappa shape index (κ2) is 7.23. The van der Waals surface area contributed by atoms with Gasteiger partial charge in [0.1, 0.15) is 0 Å². The number of carbonyl (C=O) groups excluding carboxylic acids is 2. The van der Waals surface area contributed by atoms with E-state index in [1.54, 1.807) is 28.1 Å². The van der Waals surface area contributed by atoms with Gasteiger partial charge in [-0.25, -0.2) is 0 Å². The molecule has 0 radical (unpaired) electrons. The van der Waals surface area contributed by atoms with Crippen LogP contribution in [0.25, 0.3) is 0 Å². The van der Waals surface area contributed by atoms with Crippen LogP contribution < -0.4 is 0 Å². The number of carbonyl (C=O) groups is 2. The van der Waals surface area contributed by atoms with Crippen LogP contribution in [0.5, 0.6) is 0 Å². The average molecular weight is 216 g/mol. The molecule has 0 rings (SSSR count). The van der Waals surface area contributed by atoms with Crippen molar-refractivity contribution in [1.82, 2.24) is 9.80 Å². The molecule has 0 aromatic rings. The standard InChI is InChI=1S/C10H20N2O3/c1-5-9(13)12(6-7-15-4)8-10(14)11(2)3/h5-8H2,1-4H3. The summed E-state index contributed by atoms with van der Waals surface area (Å²) in [5, 5.41) is 0. The maximum Gasteiger partial charge on any atom is 0.241 e. The molecule has 0 aliphatic rings. The first kappa shape index (κ1) is 13.9. The van der Waals surface area contributed by atoms with Gasteiger partial charge in [0, 0.05) is 34.2 Å². The summed E-state index contributed by atoms with van der Waals surface area (Å²) in [7, 11) is 4.92. The van der Waals surface area contributed by atoms with E-state index in [2.05, 4.69) is 0 Å². The SMILES string of the molecule is CCC(=O)N(CCOC)CC(=O)N(C)C. The molecule has 0 aromatic heterocycles. The molecule has 88 valence electrons. The van der Waals surface area contributed by atoms with Crippen LogP contribution in [0, 0.1) is 0 Å². The van der Waals surface area contributed by atoms with Crippen molar-refractivity contribution >= 4 is 11.8 Å². The van der Waals surface area contributed by atoms with E-state index in [1.165, 1.54) is 9.80 Å². The van der Waals surface area contributed by atoms with Crippen molar-refractivity contribution in [1.29, 1.82) is 0 Å². The van der Waals surface area contributed by atoms with Crippen LogP contribution in [0.4, 0.5) is 0 Å². The Bertz CT molecular complexity index is 217. The van der Waals surface area contributed by atoms with Crippen LogP contribution in [-0.2, 0) is 14.3 Å². The van der Waals surface area contributed by atoms with Gasteiger partial charge < -0.3 is 14.5 Å². The molecular formula is C10H20N2O3. The molecule has 5 heteroatoms. The van der Waals surface area contributed by atoms with E-state index >= 15 is 0 Å². The number of methoxy groups -OCH3 is 1. The molecule has 0 fully saturated rings. The molecule has 0 heterocycles. The van der Waals surface area contributed by atoms with Gasteiger partial charge in [-0.15, -0.1) is 0 Å². The molecule has 0 saturated carbocycles. The summed E-state index contributed by atoms with van der Waals surface area (Å²) >= 11 is 0. The predicted octanol–water partition coefficient (Wildman–Crippen LogP) is -0.0404. The molecule has 0 spiro atoms. The number of hydrogen-bond donors (Lipinski definition) is 0. The molecule has 15 heavy (non-hydrogen) atoms. The zero-order valence-corrected chi connectivity index (χ0v) is 9.95. The lowest BCUT2D eigenvalue weighted by Gasteiger charge is -2.22. The highest BCUT2D eigenvalue weighted by Gasteiger charge is 2.16. The Balaban J connectivity index is 4.23. The minimum absolute atomic E-state index is 0.0257. The van der Waals surface area contributed by atoms with Gasteiger partial charge in [-0.1, -0.05) is 6.92 Å². The quantitative estimate of drug-likeness (QED) is 0.626. The highest BCUT2D eigenvalue weighted by Crippen LogP contribution is 1.95. The fourth-order valence-corrected chi connectivity index (χ4v) is 1.02. The van der Waals surface area contributed by atoms with Gasteiger partial charge in [-0.3, -0.25) is 9.59 Å². The van der Waals surface area contributed by atoms with Crippen LogP contribution in [0.2, 0.25) is 0 Å². The van der Waals surface area contributed by atoms with Gasteiger partial charge >= 0.3 is 0 Å². The summed E-state index contributed by atoms with van der Waals surface area (Å²) in [5.74, 6) is -0.102. The van der Waals surface area contributed by atoms with E-state index in [0.29, 0.717) is 19.6 Å². The maximum absolute atomic E-state index is 11.5. The fraction of sp³-hybridized carbons (Fsp3) is 0.800. The van der Waals surface area contributed by atoms with Crippen molar-refractivity contribution in [2.24, 2.45) is 0 Å². The smallest absolute Gasteiger partial charge is 0.241 e. The Morgan fingerprint density at radius 1 is 1.20 bits per heavy atom. The summed E-state index contributed by atoms with van der Waals surface area (Å²) in [6.07, 6.45) is 0.407. The lowest BCUT2D eigenvalue weighted by molar-refractivity contribution is -0.139. The Hall–Kier alpha value is -1.10. The molecule has 0 unspecified atom stereocenters. The van der Waals surface area contributed by atoms with Crippen molar-refractivity contribution in [3.63, 3.8) is 0 Å². The maximum atomic E-state index is 11.5. The molecule has 0 atom stereocenters. The molecule has 0 aliphatic heterocycles. The van der Waals surface area contributed by atoms with Crippen LogP contribution in [0.3, 0.4) is 0 Å². The second-order valence-corrected chi connectivity index (χ2v) is 3.45. The molecule has 0 aliphatic carbocycles. The molecule has 0 saturated heterocycles. The highest BCUT2D eigenvalue weighted by atomic mass is 16.5. The van der Waals surface area contributed by atoms with Crippen LogP contribution in [0.15, 0.2) is 0 Å². The lowest BCUT2D eigenvalue weighted by Crippen LogP contribution is -2.41. The van der Waals surface area contributed by atoms with Gasteiger partial charge in [0.15, 0.2) is 0 Å². The Morgan fingerprint density at radius 2 is 1.80 bits per heavy atom. The zero-order chi connectivity index (χ0) is 11.8. The molecule has 0 bridgehead atoms. The average Bonchev–Trinajstić information content (AvgIpc) is 2.22. The van der Waals surface area contributed by atoms with E-state index < -0.39 is 0 Å². The molecule has 0 aromatic carbocycles. The van der Waals surface area contributed by atoms with Crippen molar-refractivity contribution in [3.05, 3.63) is 0 Å². The first-order valence-electron chi connectivity index (χ1n) is 4.99. The highest BCUT2D eigenvalue weighted by molar-refractivity contribution is 5.84. The summed E-state index contributed by atoms with van der Waals surface area (Å²) in [5.41, 5.74) is 0. The van der Waals surface area contributed by atoms with Crippen molar-refractivity contribution in [3.8, 4) is 0 Å². The third-order valence-corrected chi connectivity index (χ3v) is 2.05. The summed E-state index contributed by atoms with van der Waals surface area (Å²) in [6, 6.07) is 0. The lowest BCUT2D eigenvalue weighted by atomic mass is 10.3. The number of rotatable bonds is 6.